The molecule has 0 aliphatic heterocycles. The summed E-state index contributed by atoms with van der Waals surface area (Å²) < 4.78 is 5.26. The van der Waals surface area contributed by atoms with Crippen LogP contribution in [0.5, 0.6) is 5.75 Å². The van der Waals surface area contributed by atoms with Crippen molar-refractivity contribution in [3.05, 3.63) is 59.8 Å². The molecule has 2 aromatic rings. The van der Waals surface area contributed by atoms with E-state index in [2.05, 4.69) is 21.3 Å². The Hall–Kier alpha value is -3.88. The van der Waals surface area contributed by atoms with E-state index in [1.165, 1.54) is 13.3 Å². The summed E-state index contributed by atoms with van der Waals surface area (Å²) in [5, 5.41) is 29.0. The standard InChI is InChI=1S/C19H22N4O5/c1-20-11-16(24)15-7-6-14(9-17(15)28-2)23-18(25)22-13-5-3-4-12(8-13)10-21-19(26)27/h3-9,11,20-21,24H,10H2,1-2H3,(H,26,27)(H2,22,23,25)/b16-11-. The van der Waals surface area contributed by atoms with Gasteiger partial charge in [-0.05, 0) is 29.8 Å². The van der Waals surface area contributed by atoms with E-state index in [1.54, 1.807) is 49.5 Å². The second-order valence-corrected chi connectivity index (χ2v) is 5.67. The quantitative estimate of drug-likeness (QED) is 0.405. The van der Waals surface area contributed by atoms with Crippen LogP contribution in [0.1, 0.15) is 11.1 Å². The highest BCUT2D eigenvalue weighted by Crippen LogP contribution is 2.27. The minimum atomic E-state index is -1.12. The third-order valence-electron chi connectivity index (χ3n) is 3.64. The molecule has 28 heavy (non-hydrogen) atoms. The molecular formula is C19H22N4O5. The summed E-state index contributed by atoms with van der Waals surface area (Å²) in [5.41, 5.74) is 2.17. The van der Waals surface area contributed by atoms with Crippen molar-refractivity contribution in [2.45, 2.75) is 6.54 Å². The summed E-state index contributed by atoms with van der Waals surface area (Å²) in [6.07, 6.45) is 0.299. The zero-order valence-corrected chi connectivity index (χ0v) is 15.4. The van der Waals surface area contributed by atoms with E-state index >= 15 is 0 Å². The van der Waals surface area contributed by atoms with Crippen molar-refractivity contribution >= 4 is 29.3 Å². The zero-order chi connectivity index (χ0) is 20.5. The molecule has 0 aliphatic carbocycles. The number of urea groups is 1. The molecule has 3 amide bonds. The number of benzene rings is 2. The number of methoxy groups -OCH3 is 1. The summed E-state index contributed by atoms with van der Waals surface area (Å²) in [6.45, 7) is 0.134. The predicted octanol–water partition coefficient (Wildman–Crippen LogP) is 3.18. The molecule has 0 fully saturated rings. The van der Waals surface area contributed by atoms with Crippen molar-refractivity contribution in [2.75, 3.05) is 24.8 Å². The Bertz CT molecular complexity index is 882. The third-order valence-corrected chi connectivity index (χ3v) is 3.64. The maximum Gasteiger partial charge on any atom is 0.404 e. The minimum Gasteiger partial charge on any atom is -0.506 e. The van der Waals surface area contributed by atoms with Gasteiger partial charge in [-0.3, -0.25) is 0 Å². The van der Waals surface area contributed by atoms with Gasteiger partial charge in [-0.25, -0.2) is 9.59 Å². The van der Waals surface area contributed by atoms with Crippen LogP contribution in [0.4, 0.5) is 21.0 Å². The van der Waals surface area contributed by atoms with Crippen LogP contribution in [0.2, 0.25) is 0 Å². The second-order valence-electron chi connectivity index (χ2n) is 5.67. The number of hydrogen-bond donors (Lipinski definition) is 6. The fourth-order valence-electron chi connectivity index (χ4n) is 2.43. The van der Waals surface area contributed by atoms with Crippen LogP contribution in [0, 0.1) is 0 Å². The van der Waals surface area contributed by atoms with E-state index in [-0.39, 0.29) is 12.3 Å². The van der Waals surface area contributed by atoms with Gasteiger partial charge in [0, 0.05) is 37.2 Å². The Morgan fingerprint density at radius 3 is 2.43 bits per heavy atom. The Morgan fingerprint density at radius 1 is 1.07 bits per heavy atom. The van der Waals surface area contributed by atoms with Crippen LogP contribution >= 0.6 is 0 Å². The lowest BCUT2D eigenvalue weighted by Crippen LogP contribution is -2.21. The molecule has 6 N–H and O–H groups in total. The smallest absolute Gasteiger partial charge is 0.404 e. The van der Waals surface area contributed by atoms with E-state index < -0.39 is 12.1 Å². The third kappa shape index (κ3) is 5.84. The molecule has 0 saturated heterocycles. The van der Waals surface area contributed by atoms with Crippen molar-refractivity contribution in [3.63, 3.8) is 0 Å². The van der Waals surface area contributed by atoms with Gasteiger partial charge in [-0.15, -0.1) is 0 Å². The van der Waals surface area contributed by atoms with E-state index in [9.17, 15) is 14.7 Å². The molecule has 0 unspecified atom stereocenters. The topological polar surface area (TPSA) is 132 Å². The number of amides is 3. The van der Waals surface area contributed by atoms with Gasteiger partial charge in [0.1, 0.15) is 11.5 Å². The Labute approximate surface area is 162 Å². The maximum absolute atomic E-state index is 12.2. The number of aliphatic hydroxyl groups is 1. The molecule has 0 atom stereocenters. The molecule has 0 aromatic heterocycles. The van der Waals surface area contributed by atoms with Crippen LogP contribution in [-0.2, 0) is 6.54 Å². The van der Waals surface area contributed by atoms with Crippen molar-refractivity contribution in [1.29, 1.82) is 0 Å². The van der Waals surface area contributed by atoms with Crippen molar-refractivity contribution in [2.24, 2.45) is 0 Å². The monoisotopic (exact) mass is 386 g/mol. The molecular weight excluding hydrogens is 364 g/mol. The minimum absolute atomic E-state index is 0.00198. The van der Waals surface area contributed by atoms with Crippen molar-refractivity contribution in [1.82, 2.24) is 10.6 Å². The molecule has 2 aromatic carbocycles. The molecule has 0 spiro atoms. The maximum atomic E-state index is 12.2. The van der Waals surface area contributed by atoms with Gasteiger partial charge in [-0.1, -0.05) is 12.1 Å². The molecule has 0 heterocycles. The van der Waals surface area contributed by atoms with Crippen molar-refractivity contribution < 1.29 is 24.5 Å². The van der Waals surface area contributed by atoms with Gasteiger partial charge in [0.05, 0.1) is 12.7 Å². The average molecular weight is 386 g/mol. The van der Waals surface area contributed by atoms with E-state index in [0.29, 0.717) is 28.3 Å². The molecule has 2 rings (SSSR count). The molecule has 9 heteroatoms. The summed E-state index contributed by atoms with van der Waals surface area (Å²) in [6, 6.07) is 11.2. The van der Waals surface area contributed by atoms with E-state index in [1.807, 2.05) is 0 Å². The highest BCUT2D eigenvalue weighted by molar-refractivity contribution is 6.00. The zero-order valence-electron chi connectivity index (χ0n) is 15.4. The number of aliphatic hydroxyl groups excluding tert-OH is 1. The Kier molecular flexibility index (Phi) is 7.09. The van der Waals surface area contributed by atoms with Gasteiger partial charge < -0.3 is 36.2 Å². The summed E-state index contributed by atoms with van der Waals surface area (Å²) in [7, 11) is 3.13. The fourth-order valence-corrected chi connectivity index (χ4v) is 2.43. The lowest BCUT2D eigenvalue weighted by atomic mass is 10.1. The number of nitrogens with one attached hydrogen (secondary N) is 4. The number of anilines is 2. The number of carbonyl (C=O) groups excluding carboxylic acids is 1. The number of rotatable bonds is 7. The molecule has 148 valence electrons. The van der Waals surface area contributed by atoms with Crippen LogP contribution < -0.4 is 26.0 Å². The summed E-state index contributed by atoms with van der Waals surface area (Å²) >= 11 is 0. The number of ether oxygens (including phenoxy) is 1. The van der Waals surface area contributed by atoms with Gasteiger partial charge in [0.25, 0.3) is 0 Å². The number of carbonyl (C=O) groups is 2. The lowest BCUT2D eigenvalue weighted by molar-refractivity contribution is 0.194. The van der Waals surface area contributed by atoms with Crippen LogP contribution in [0.3, 0.4) is 0 Å². The van der Waals surface area contributed by atoms with Crippen LogP contribution in [0.25, 0.3) is 5.76 Å². The summed E-state index contributed by atoms with van der Waals surface area (Å²) in [4.78, 5) is 22.8. The fraction of sp³-hybridized carbons (Fsp3) is 0.158. The molecule has 9 nitrogen and oxygen atoms in total. The Morgan fingerprint density at radius 2 is 1.79 bits per heavy atom. The molecule has 0 saturated carbocycles. The number of hydrogen-bond acceptors (Lipinski definition) is 5. The van der Waals surface area contributed by atoms with Gasteiger partial charge in [-0.2, -0.15) is 0 Å². The first-order chi connectivity index (χ1) is 13.4. The van der Waals surface area contributed by atoms with Crippen LogP contribution in [0.15, 0.2) is 48.7 Å². The van der Waals surface area contributed by atoms with Gasteiger partial charge in [0.15, 0.2) is 0 Å². The highest BCUT2D eigenvalue weighted by Gasteiger charge is 2.10. The molecule has 0 bridgehead atoms. The normalized spacial score (nSPS) is 10.7. The van der Waals surface area contributed by atoms with E-state index in [4.69, 9.17) is 9.84 Å². The van der Waals surface area contributed by atoms with E-state index in [0.717, 1.165) is 0 Å². The Balaban J connectivity index is 2.06. The first kappa shape index (κ1) is 20.4. The molecule has 0 aliphatic rings. The predicted molar refractivity (Wildman–Crippen MR) is 107 cm³/mol. The van der Waals surface area contributed by atoms with Crippen LogP contribution in [-0.4, -0.2) is 36.5 Å². The summed E-state index contributed by atoms with van der Waals surface area (Å²) in [5.74, 6) is 0.394. The highest BCUT2D eigenvalue weighted by atomic mass is 16.5. The number of carboxylic acid groups (broad SMARTS) is 1. The lowest BCUT2D eigenvalue weighted by Gasteiger charge is -2.12. The average Bonchev–Trinajstić information content (AvgIpc) is 2.66. The second kappa shape index (κ2) is 9.72. The van der Waals surface area contributed by atoms with Crippen molar-refractivity contribution in [3.8, 4) is 5.75 Å². The van der Waals surface area contributed by atoms with Gasteiger partial charge >= 0.3 is 12.1 Å². The first-order valence-corrected chi connectivity index (χ1v) is 8.31. The first-order valence-electron chi connectivity index (χ1n) is 8.31. The SMILES string of the molecule is CN/C=C(\O)c1ccc(NC(=O)Nc2cccc(CNC(=O)O)c2)cc1OC. The largest absolute Gasteiger partial charge is 0.506 e. The van der Waals surface area contributed by atoms with Gasteiger partial charge in [0.2, 0.25) is 0 Å². The molecule has 0 radical (unpaired) electrons.